The summed E-state index contributed by atoms with van der Waals surface area (Å²) >= 11 is 0. The van der Waals surface area contributed by atoms with Crippen molar-refractivity contribution in [3.8, 4) is 12.3 Å². The van der Waals surface area contributed by atoms with Crippen LogP contribution in [-0.2, 0) is 4.79 Å². The summed E-state index contributed by atoms with van der Waals surface area (Å²) in [6.07, 6.45) is 6.13. The van der Waals surface area contributed by atoms with E-state index in [1.165, 1.54) is 11.8 Å². The zero-order valence-corrected chi connectivity index (χ0v) is 10.3. The number of nitrogens with one attached hydrogen (secondary N) is 1. The maximum absolute atomic E-state index is 11.9. The number of urea groups is 1. The Morgan fingerprint density at radius 3 is 2.56 bits per heavy atom. The molecule has 0 unspecified atom stereocenters. The second-order valence-electron chi connectivity index (χ2n) is 4.53. The molecule has 6 nitrogen and oxygen atoms in total. The number of hydrogen-bond donors (Lipinski definition) is 3. The van der Waals surface area contributed by atoms with Crippen molar-refractivity contribution in [2.24, 2.45) is 5.92 Å². The molecule has 0 aromatic rings. The normalized spacial score (nSPS) is 17.4. The molecule has 2 atom stereocenters. The van der Waals surface area contributed by atoms with Gasteiger partial charge in [0.2, 0.25) is 0 Å². The van der Waals surface area contributed by atoms with Crippen molar-refractivity contribution < 1.29 is 19.8 Å². The highest BCUT2D eigenvalue weighted by Crippen LogP contribution is 2.29. The largest absolute Gasteiger partial charge is 0.480 e. The minimum Gasteiger partial charge on any atom is -0.480 e. The molecule has 0 aliphatic heterocycles. The number of aliphatic hydroxyl groups excluding tert-OH is 1. The van der Waals surface area contributed by atoms with Crippen molar-refractivity contribution in [3.63, 3.8) is 0 Å². The molecule has 1 rings (SSSR count). The average Bonchev–Trinajstić information content (AvgIpc) is 3.07. The Bertz CT molecular complexity index is 358. The lowest BCUT2D eigenvalue weighted by molar-refractivity contribution is -0.141. The summed E-state index contributed by atoms with van der Waals surface area (Å²) in [7, 11) is 0. The zero-order chi connectivity index (χ0) is 13.7. The molecule has 1 aliphatic carbocycles. The summed E-state index contributed by atoms with van der Waals surface area (Å²) in [5.74, 6) is 1.55. The van der Waals surface area contributed by atoms with E-state index in [0.717, 1.165) is 12.8 Å². The fourth-order valence-corrected chi connectivity index (χ4v) is 1.55. The van der Waals surface area contributed by atoms with Crippen molar-refractivity contribution in [2.45, 2.75) is 31.9 Å². The predicted octanol–water partition coefficient (Wildman–Crippen LogP) is -0.125. The summed E-state index contributed by atoms with van der Waals surface area (Å²) in [5, 5.41) is 20.4. The third kappa shape index (κ3) is 4.26. The minimum atomic E-state index is -1.32. The van der Waals surface area contributed by atoms with Crippen molar-refractivity contribution in [1.82, 2.24) is 10.2 Å². The molecule has 0 spiro atoms. The number of carbonyl (C=O) groups excluding carboxylic acids is 1. The lowest BCUT2D eigenvalue weighted by Gasteiger charge is -2.24. The Morgan fingerprint density at radius 2 is 2.17 bits per heavy atom. The number of nitrogens with zero attached hydrogens (tertiary/aromatic N) is 1. The monoisotopic (exact) mass is 254 g/mol. The number of rotatable bonds is 6. The highest BCUT2D eigenvalue weighted by atomic mass is 16.4. The standard InChI is InChI=1S/C12H18N2O4/c1-3-6-14(7-9-4-5-9)12(18)13-10(8(2)15)11(16)17/h1,8-10,15H,4-7H2,2H3,(H,13,18)(H,16,17)/t8-,10+/m1/s1. The molecular formula is C12H18N2O4. The van der Waals surface area contributed by atoms with Crippen LogP contribution in [0.2, 0.25) is 0 Å². The molecule has 0 saturated heterocycles. The number of terminal acetylenes is 1. The van der Waals surface area contributed by atoms with Gasteiger partial charge in [-0.1, -0.05) is 5.92 Å². The number of aliphatic carboxylic acids is 1. The topological polar surface area (TPSA) is 89.9 Å². The lowest BCUT2D eigenvalue weighted by atomic mass is 10.2. The van der Waals surface area contributed by atoms with E-state index in [2.05, 4.69) is 11.2 Å². The summed E-state index contributed by atoms with van der Waals surface area (Å²) in [4.78, 5) is 24.1. The Balaban J connectivity index is 2.58. The van der Waals surface area contributed by atoms with Gasteiger partial charge in [-0.15, -0.1) is 6.42 Å². The number of carboxylic acids is 1. The summed E-state index contributed by atoms with van der Waals surface area (Å²) in [6.45, 7) is 1.97. The van der Waals surface area contributed by atoms with Gasteiger partial charge < -0.3 is 20.4 Å². The highest BCUT2D eigenvalue weighted by molar-refractivity contribution is 5.83. The summed E-state index contributed by atoms with van der Waals surface area (Å²) < 4.78 is 0. The van der Waals surface area contributed by atoms with E-state index in [1.54, 1.807) is 0 Å². The number of carboxylic acid groups (broad SMARTS) is 1. The molecule has 0 aromatic carbocycles. The number of amides is 2. The first-order chi connectivity index (χ1) is 8.45. The predicted molar refractivity (Wildman–Crippen MR) is 64.8 cm³/mol. The van der Waals surface area contributed by atoms with Crippen LogP contribution in [-0.4, -0.2) is 52.3 Å². The summed E-state index contributed by atoms with van der Waals surface area (Å²) in [5.41, 5.74) is 0. The molecule has 2 amide bonds. The second kappa shape index (κ2) is 6.26. The van der Waals surface area contributed by atoms with Crippen LogP contribution in [0.5, 0.6) is 0 Å². The van der Waals surface area contributed by atoms with Crippen molar-refractivity contribution >= 4 is 12.0 Å². The van der Waals surface area contributed by atoms with Gasteiger partial charge in [0, 0.05) is 6.54 Å². The van der Waals surface area contributed by atoms with E-state index in [4.69, 9.17) is 11.5 Å². The number of aliphatic hydroxyl groups is 1. The van der Waals surface area contributed by atoms with Gasteiger partial charge in [-0.3, -0.25) is 0 Å². The van der Waals surface area contributed by atoms with Gasteiger partial charge in [0.15, 0.2) is 6.04 Å². The van der Waals surface area contributed by atoms with Gasteiger partial charge in [0.05, 0.1) is 12.6 Å². The van der Waals surface area contributed by atoms with Crippen LogP contribution in [0.3, 0.4) is 0 Å². The fraction of sp³-hybridized carbons (Fsp3) is 0.667. The Kier molecular flexibility index (Phi) is 4.98. The van der Waals surface area contributed by atoms with Gasteiger partial charge >= 0.3 is 12.0 Å². The molecular weight excluding hydrogens is 236 g/mol. The van der Waals surface area contributed by atoms with Crippen LogP contribution in [0.25, 0.3) is 0 Å². The highest BCUT2D eigenvalue weighted by Gasteiger charge is 2.30. The third-order valence-corrected chi connectivity index (χ3v) is 2.77. The Hall–Kier alpha value is -1.74. The molecule has 1 aliphatic rings. The average molecular weight is 254 g/mol. The molecule has 3 N–H and O–H groups in total. The third-order valence-electron chi connectivity index (χ3n) is 2.77. The summed E-state index contributed by atoms with van der Waals surface area (Å²) in [6, 6.07) is -1.87. The van der Waals surface area contributed by atoms with E-state index >= 15 is 0 Å². The van der Waals surface area contributed by atoms with Gasteiger partial charge in [-0.25, -0.2) is 9.59 Å². The Morgan fingerprint density at radius 1 is 1.56 bits per heavy atom. The van der Waals surface area contributed by atoms with E-state index < -0.39 is 24.1 Å². The van der Waals surface area contributed by atoms with Crippen LogP contribution in [0.4, 0.5) is 4.79 Å². The number of hydrogen-bond acceptors (Lipinski definition) is 3. The van der Waals surface area contributed by atoms with Crippen LogP contribution in [0, 0.1) is 18.3 Å². The molecule has 6 heteroatoms. The quantitative estimate of drug-likeness (QED) is 0.576. The van der Waals surface area contributed by atoms with Gasteiger partial charge in [0.1, 0.15) is 0 Å². The molecule has 0 bridgehead atoms. The SMILES string of the molecule is C#CCN(CC1CC1)C(=O)N[C@H](C(=O)O)[C@@H](C)O. The van der Waals surface area contributed by atoms with Crippen molar-refractivity contribution in [1.29, 1.82) is 0 Å². The molecule has 0 aromatic heterocycles. The van der Waals surface area contributed by atoms with E-state index in [9.17, 15) is 14.7 Å². The van der Waals surface area contributed by atoms with Crippen LogP contribution in [0.15, 0.2) is 0 Å². The van der Waals surface area contributed by atoms with E-state index in [0.29, 0.717) is 12.5 Å². The maximum Gasteiger partial charge on any atom is 0.328 e. The van der Waals surface area contributed by atoms with Crippen LogP contribution >= 0.6 is 0 Å². The molecule has 0 radical (unpaired) electrons. The van der Waals surface area contributed by atoms with E-state index in [1.807, 2.05) is 0 Å². The smallest absolute Gasteiger partial charge is 0.328 e. The lowest BCUT2D eigenvalue weighted by Crippen LogP contribution is -2.52. The minimum absolute atomic E-state index is 0.133. The maximum atomic E-state index is 11.9. The van der Waals surface area contributed by atoms with Crippen molar-refractivity contribution in [2.75, 3.05) is 13.1 Å². The zero-order valence-electron chi connectivity index (χ0n) is 10.3. The molecule has 1 saturated carbocycles. The fourth-order valence-electron chi connectivity index (χ4n) is 1.55. The molecule has 100 valence electrons. The first kappa shape index (κ1) is 14.3. The van der Waals surface area contributed by atoms with Gasteiger partial charge in [-0.05, 0) is 25.7 Å². The number of carbonyl (C=O) groups is 2. The molecule has 18 heavy (non-hydrogen) atoms. The van der Waals surface area contributed by atoms with Crippen molar-refractivity contribution in [3.05, 3.63) is 0 Å². The van der Waals surface area contributed by atoms with E-state index in [-0.39, 0.29) is 6.54 Å². The second-order valence-corrected chi connectivity index (χ2v) is 4.53. The molecule has 1 fully saturated rings. The molecule has 0 heterocycles. The first-order valence-corrected chi connectivity index (χ1v) is 5.85. The van der Waals surface area contributed by atoms with Gasteiger partial charge in [0.25, 0.3) is 0 Å². The van der Waals surface area contributed by atoms with Gasteiger partial charge in [-0.2, -0.15) is 0 Å². The first-order valence-electron chi connectivity index (χ1n) is 5.85. The van der Waals surface area contributed by atoms with Crippen LogP contribution < -0.4 is 5.32 Å². The Labute approximate surface area is 106 Å². The van der Waals surface area contributed by atoms with Crippen LogP contribution in [0.1, 0.15) is 19.8 Å².